The molecule has 0 saturated carbocycles. The third-order valence-electron chi connectivity index (χ3n) is 3.51. The van der Waals surface area contributed by atoms with Crippen molar-refractivity contribution >= 4 is 17.3 Å². The lowest BCUT2D eigenvalue weighted by atomic mass is 9.94. The fourth-order valence-electron chi connectivity index (χ4n) is 2.41. The number of hydrogen-bond acceptors (Lipinski definition) is 2. The molecule has 1 aliphatic rings. The fraction of sp³-hybridized carbons (Fsp3) is 0.438. The van der Waals surface area contributed by atoms with Crippen molar-refractivity contribution in [1.29, 1.82) is 0 Å². The van der Waals surface area contributed by atoms with Crippen LogP contribution in [0.25, 0.3) is 0 Å². The first-order chi connectivity index (χ1) is 9.15. The lowest BCUT2D eigenvalue weighted by Crippen LogP contribution is -2.15. The largest absolute Gasteiger partial charge is 0.385 e. The molecule has 0 aliphatic heterocycles. The first-order valence-electron chi connectivity index (χ1n) is 6.92. The maximum Gasteiger partial charge on any atom is 0.221 e. The molecular weight excluding hydrogens is 236 g/mol. The van der Waals surface area contributed by atoms with Crippen molar-refractivity contribution in [2.45, 2.75) is 33.1 Å². The van der Waals surface area contributed by atoms with Crippen molar-refractivity contribution in [3.05, 3.63) is 35.9 Å². The Balaban J connectivity index is 1.92. The van der Waals surface area contributed by atoms with Crippen LogP contribution in [0.5, 0.6) is 0 Å². The van der Waals surface area contributed by atoms with Crippen LogP contribution in [0.3, 0.4) is 0 Å². The van der Waals surface area contributed by atoms with Crippen molar-refractivity contribution in [3.8, 4) is 0 Å². The third kappa shape index (κ3) is 4.12. The Kier molecular flexibility index (Phi) is 4.61. The summed E-state index contributed by atoms with van der Waals surface area (Å²) in [6.07, 6.45) is 8.19. The molecule has 0 fully saturated rings. The molecule has 0 bridgehead atoms. The molecule has 1 aliphatic carbocycles. The van der Waals surface area contributed by atoms with Crippen molar-refractivity contribution in [3.63, 3.8) is 0 Å². The molecule has 19 heavy (non-hydrogen) atoms. The lowest BCUT2D eigenvalue weighted by Gasteiger charge is -2.19. The predicted molar refractivity (Wildman–Crippen MR) is 80.5 cm³/mol. The summed E-state index contributed by atoms with van der Waals surface area (Å²) in [7, 11) is 0. The number of carbonyl (C=O) groups is 1. The summed E-state index contributed by atoms with van der Waals surface area (Å²) in [6, 6.07) is 6.07. The van der Waals surface area contributed by atoms with E-state index in [2.05, 4.69) is 28.9 Å². The van der Waals surface area contributed by atoms with Gasteiger partial charge in [-0.1, -0.05) is 12.2 Å². The Hall–Kier alpha value is -1.77. The molecule has 102 valence electrons. The molecule has 1 atom stereocenters. The zero-order valence-corrected chi connectivity index (χ0v) is 11.7. The van der Waals surface area contributed by atoms with Crippen molar-refractivity contribution in [2.75, 3.05) is 17.2 Å². The van der Waals surface area contributed by atoms with E-state index in [0.717, 1.165) is 29.4 Å². The van der Waals surface area contributed by atoms with Gasteiger partial charge in [-0.2, -0.15) is 0 Å². The highest BCUT2D eigenvalue weighted by Crippen LogP contribution is 2.22. The van der Waals surface area contributed by atoms with E-state index in [0.29, 0.717) is 0 Å². The van der Waals surface area contributed by atoms with Gasteiger partial charge in [0, 0.05) is 24.8 Å². The molecule has 3 nitrogen and oxygen atoms in total. The van der Waals surface area contributed by atoms with Crippen molar-refractivity contribution < 1.29 is 4.79 Å². The number of carbonyl (C=O) groups excluding carboxylic acids is 1. The standard InChI is InChI=1S/C16H22N2O/c1-12-10-15(8-9-16(12)18-13(2)19)17-11-14-6-4-3-5-7-14/h3-4,8-10,14,17H,5-7,11H2,1-2H3,(H,18,19). The van der Waals surface area contributed by atoms with Gasteiger partial charge in [0.15, 0.2) is 0 Å². The average Bonchev–Trinajstić information content (AvgIpc) is 2.40. The second kappa shape index (κ2) is 6.41. The maximum atomic E-state index is 11.0. The van der Waals surface area contributed by atoms with E-state index in [1.807, 2.05) is 19.1 Å². The Morgan fingerprint density at radius 1 is 1.37 bits per heavy atom. The highest BCUT2D eigenvalue weighted by molar-refractivity contribution is 5.89. The number of hydrogen-bond donors (Lipinski definition) is 2. The summed E-state index contributed by atoms with van der Waals surface area (Å²) in [5, 5.41) is 6.32. The summed E-state index contributed by atoms with van der Waals surface area (Å²) < 4.78 is 0. The van der Waals surface area contributed by atoms with Gasteiger partial charge in [-0.25, -0.2) is 0 Å². The molecule has 1 amide bonds. The van der Waals surface area contributed by atoms with Gasteiger partial charge >= 0.3 is 0 Å². The Morgan fingerprint density at radius 2 is 2.21 bits per heavy atom. The van der Waals surface area contributed by atoms with E-state index >= 15 is 0 Å². The van der Waals surface area contributed by atoms with E-state index in [1.165, 1.54) is 26.2 Å². The summed E-state index contributed by atoms with van der Waals surface area (Å²) >= 11 is 0. The first kappa shape index (κ1) is 13.7. The van der Waals surface area contributed by atoms with Gasteiger partial charge in [-0.3, -0.25) is 4.79 Å². The fourth-order valence-corrected chi connectivity index (χ4v) is 2.41. The van der Waals surface area contributed by atoms with Crippen LogP contribution in [0.2, 0.25) is 0 Å². The van der Waals surface area contributed by atoms with Crippen molar-refractivity contribution in [1.82, 2.24) is 0 Å². The van der Waals surface area contributed by atoms with Crippen molar-refractivity contribution in [2.24, 2.45) is 5.92 Å². The second-order valence-corrected chi connectivity index (χ2v) is 5.24. The van der Waals surface area contributed by atoms with E-state index in [-0.39, 0.29) is 5.91 Å². The molecule has 2 N–H and O–H groups in total. The Labute approximate surface area is 115 Å². The molecule has 0 aromatic heterocycles. The Bertz CT molecular complexity index is 480. The van der Waals surface area contributed by atoms with Gasteiger partial charge in [-0.05, 0) is 55.9 Å². The zero-order chi connectivity index (χ0) is 13.7. The predicted octanol–water partition coefficient (Wildman–Crippen LogP) is 3.72. The number of aryl methyl sites for hydroxylation is 1. The molecular formula is C16H22N2O. The van der Waals surface area contributed by atoms with Gasteiger partial charge in [-0.15, -0.1) is 0 Å². The third-order valence-corrected chi connectivity index (χ3v) is 3.51. The number of allylic oxidation sites excluding steroid dienone is 2. The molecule has 1 unspecified atom stereocenters. The van der Waals surface area contributed by atoms with Crippen LogP contribution in [0.15, 0.2) is 30.4 Å². The van der Waals surface area contributed by atoms with Crippen LogP contribution >= 0.6 is 0 Å². The van der Waals surface area contributed by atoms with E-state index in [1.54, 1.807) is 0 Å². The zero-order valence-electron chi connectivity index (χ0n) is 11.7. The highest BCUT2D eigenvalue weighted by atomic mass is 16.1. The maximum absolute atomic E-state index is 11.0. The molecule has 0 saturated heterocycles. The minimum Gasteiger partial charge on any atom is -0.385 e. The average molecular weight is 258 g/mol. The van der Waals surface area contributed by atoms with Crippen LogP contribution in [0.1, 0.15) is 31.7 Å². The molecule has 3 heteroatoms. The van der Waals surface area contributed by atoms with Crippen LogP contribution in [-0.2, 0) is 4.79 Å². The summed E-state index contributed by atoms with van der Waals surface area (Å²) in [5.41, 5.74) is 3.10. The van der Waals surface area contributed by atoms with Gasteiger partial charge in [0.2, 0.25) is 5.91 Å². The normalized spacial score (nSPS) is 18.1. The quantitative estimate of drug-likeness (QED) is 0.808. The topological polar surface area (TPSA) is 41.1 Å². The molecule has 0 radical (unpaired) electrons. The molecule has 2 rings (SSSR count). The second-order valence-electron chi connectivity index (χ2n) is 5.24. The Morgan fingerprint density at radius 3 is 2.84 bits per heavy atom. The molecule has 0 heterocycles. The lowest BCUT2D eigenvalue weighted by molar-refractivity contribution is -0.114. The van der Waals surface area contributed by atoms with Crippen LogP contribution in [0.4, 0.5) is 11.4 Å². The molecule has 1 aromatic rings. The highest BCUT2D eigenvalue weighted by Gasteiger charge is 2.09. The van der Waals surface area contributed by atoms with E-state index in [9.17, 15) is 4.79 Å². The SMILES string of the molecule is CC(=O)Nc1ccc(NCC2CC=CCC2)cc1C. The van der Waals surface area contributed by atoms with Crippen LogP contribution in [0, 0.1) is 12.8 Å². The summed E-state index contributed by atoms with van der Waals surface area (Å²) in [5.74, 6) is 0.707. The smallest absolute Gasteiger partial charge is 0.221 e. The number of nitrogens with one attached hydrogen (secondary N) is 2. The molecule has 0 spiro atoms. The summed E-state index contributed by atoms with van der Waals surface area (Å²) in [6.45, 7) is 4.56. The summed E-state index contributed by atoms with van der Waals surface area (Å²) in [4.78, 5) is 11.0. The number of amides is 1. The number of anilines is 2. The van der Waals surface area contributed by atoms with E-state index in [4.69, 9.17) is 0 Å². The monoisotopic (exact) mass is 258 g/mol. The molecule has 1 aromatic carbocycles. The van der Waals surface area contributed by atoms with E-state index < -0.39 is 0 Å². The van der Waals surface area contributed by atoms with Crippen LogP contribution < -0.4 is 10.6 Å². The minimum absolute atomic E-state index is 0.0298. The van der Waals surface area contributed by atoms with Gasteiger partial charge in [0.1, 0.15) is 0 Å². The minimum atomic E-state index is -0.0298. The van der Waals surface area contributed by atoms with Crippen LogP contribution in [-0.4, -0.2) is 12.5 Å². The van der Waals surface area contributed by atoms with Gasteiger partial charge in [0.25, 0.3) is 0 Å². The number of benzene rings is 1. The van der Waals surface area contributed by atoms with Gasteiger partial charge < -0.3 is 10.6 Å². The number of rotatable bonds is 4. The first-order valence-corrected chi connectivity index (χ1v) is 6.92. The van der Waals surface area contributed by atoms with Gasteiger partial charge in [0.05, 0.1) is 0 Å².